The fourth-order valence-electron chi connectivity index (χ4n) is 4.85. The van der Waals surface area contributed by atoms with Crippen LogP contribution < -0.4 is 0 Å². The summed E-state index contributed by atoms with van der Waals surface area (Å²) in [5.74, 6) is -0.335. The summed E-state index contributed by atoms with van der Waals surface area (Å²) in [5.41, 5.74) is 5.43. The number of fused-ring (bicyclic) bond motifs is 5. The van der Waals surface area contributed by atoms with Crippen molar-refractivity contribution in [3.8, 4) is 27.6 Å². The van der Waals surface area contributed by atoms with Gasteiger partial charge in [0, 0.05) is 28.5 Å². The molecule has 3 nitrogen and oxygen atoms in total. The van der Waals surface area contributed by atoms with Crippen LogP contribution in [0, 0.1) is 11.6 Å². The first-order valence-electron chi connectivity index (χ1n) is 9.78. The second-order valence-electron chi connectivity index (χ2n) is 7.77. The van der Waals surface area contributed by atoms with E-state index in [9.17, 15) is 8.78 Å². The van der Waals surface area contributed by atoms with Crippen LogP contribution >= 0.6 is 11.3 Å². The van der Waals surface area contributed by atoms with Crippen molar-refractivity contribution < 1.29 is 8.78 Å². The molecule has 2 aliphatic carbocycles. The van der Waals surface area contributed by atoms with E-state index in [4.69, 9.17) is 10.1 Å². The highest BCUT2D eigenvalue weighted by Crippen LogP contribution is 2.56. The summed E-state index contributed by atoms with van der Waals surface area (Å²) in [4.78, 5) is 4.84. The summed E-state index contributed by atoms with van der Waals surface area (Å²) in [6.07, 6.45) is 3.32. The van der Waals surface area contributed by atoms with Gasteiger partial charge in [-0.2, -0.15) is 5.10 Å². The van der Waals surface area contributed by atoms with Gasteiger partial charge in [-0.1, -0.05) is 30.3 Å². The highest BCUT2D eigenvalue weighted by Gasteiger charge is 2.43. The quantitative estimate of drug-likeness (QED) is 0.400. The number of halogens is 2. The summed E-state index contributed by atoms with van der Waals surface area (Å²) >= 11 is 1.57. The number of nitrogens with zero attached hydrogens (tertiary/aromatic N) is 3. The molecule has 6 heteroatoms. The third-order valence-corrected chi connectivity index (χ3v) is 6.95. The number of thiazole rings is 1. The molecule has 2 unspecified atom stereocenters. The lowest BCUT2D eigenvalue weighted by atomic mass is 9.95. The van der Waals surface area contributed by atoms with E-state index in [0.29, 0.717) is 17.5 Å². The molecule has 144 valence electrons. The lowest BCUT2D eigenvalue weighted by molar-refractivity contribution is 0.567. The first kappa shape index (κ1) is 17.0. The summed E-state index contributed by atoms with van der Waals surface area (Å²) in [7, 11) is 0. The molecule has 2 aliphatic rings. The number of aromatic nitrogens is 3. The molecule has 2 aromatic heterocycles. The van der Waals surface area contributed by atoms with Crippen molar-refractivity contribution >= 4 is 11.3 Å². The summed E-state index contributed by atoms with van der Waals surface area (Å²) < 4.78 is 29.7. The molecule has 2 aromatic carbocycles. The zero-order valence-electron chi connectivity index (χ0n) is 15.5. The fraction of sp³-hybridized carbons (Fsp3) is 0.217. The Hall–Kier alpha value is -2.86. The van der Waals surface area contributed by atoms with Crippen LogP contribution in [0.3, 0.4) is 0 Å². The number of benzene rings is 2. The van der Waals surface area contributed by atoms with Gasteiger partial charge in [-0.05, 0) is 37.3 Å². The molecule has 2 heterocycles. The van der Waals surface area contributed by atoms with Crippen molar-refractivity contribution in [2.75, 3.05) is 0 Å². The Morgan fingerprint density at radius 2 is 1.83 bits per heavy atom. The van der Waals surface area contributed by atoms with Crippen molar-refractivity contribution in [1.82, 2.24) is 14.8 Å². The first-order chi connectivity index (χ1) is 14.2. The van der Waals surface area contributed by atoms with E-state index < -0.39 is 11.6 Å². The molecular weight excluding hydrogens is 388 g/mol. The topological polar surface area (TPSA) is 30.7 Å². The van der Waals surface area contributed by atoms with Crippen molar-refractivity contribution in [2.24, 2.45) is 0 Å². The standard InChI is InChI=1S/C23H17F2N3S/c24-16-8-9-19(17(25)11-16)28-22-15-7-6-14(10-15)20(22)21(27-28)23-26-18(12-29-23)13-4-2-1-3-5-13/h1-5,8-9,11-12,14-15H,6-7,10H2. The maximum absolute atomic E-state index is 14.6. The van der Waals surface area contributed by atoms with Crippen LogP contribution in [0.5, 0.6) is 0 Å². The normalized spacial score (nSPS) is 19.7. The maximum Gasteiger partial charge on any atom is 0.151 e. The van der Waals surface area contributed by atoms with E-state index in [1.54, 1.807) is 16.0 Å². The first-order valence-corrected chi connectivity index (χ1v) is 10.7. The Morgan fingerprint density at radius 3 is 2.66 bits per heavy atom. The van der Waals surface area contributed by atoms with Gasteiger partial charge in [0.15, 0.2) is 5.82 Å². The van der Waals surface area contributed by atoms with E-state index in [1.807, 2.05) is 35.7 Å². The molecule has 1 fully saturated rings. The molecule has 0 radical (unpaired) electrons. The van der Waals surface area contributed by atoms with Crippen molar-refractivity contribution in [2.45, 2.75) is 31.1 Å². The highest BCUT2D eigenvalue weighted by atomic mass is 32.1. The third kappa shape index (κ3) is 2.59. The van der Waals surface area contributed by atoms with Gasteiger partial charge in [-0.25, -0.2) is 18.4 Å². The SMILES string of the molecule is Fc1ccc(-n2nc(-c3nc(-c4ccccc4)cs3)c3c2C2CCC3C2)c(F)c1. The predicted molar refractivity (Wildman–Crippen MR) is 109 cm³/mol. The minimum absolute atomic E-state index is 0.307. The molecule has 0 spiro atoms. The van der Waals surface area contributed by atoms with E-state index in [0.717, 1.165) is 53.0 Å². The lowest BCUT2D eigenvalue weighted by Crippen LogP contribution is -2.07. The highest BCUT2D eigenvalue weighted by molar-refractivity contribution is 7.13. The van der Waals surface area contributed by atoms with Gasteiger partial charge in [0.05, 0.1) is 11.4 Å². The molecule has 2 atom stereocenters. The average Bonchev–Trinajstić information content (AvgIpc) is 3.50. The van der Waals surface area contributed by atoms with Gasteiger partial charge >= 0.3 is 0 Å². The smallest absolute Gasteiger partial charge is 0.151 e. The van der Waals surface area contributed by atoms with E-state index in [2.05, 4.69) is 0 Å². The fourth-order valence-corrected chi connectivity index (χ4v) is 5.67. The van der Waals surface area contributed by atoms with Crippen LogP contribution in [0.1, 0.15) is 42.4 Å². The molecule has 6 rings (SSSR count). The van der Waals surface area contributed by atoms with Gasteiger partial charge in [0.25, 0.3) is 0 Å². The summed E-state index contributed by atoms with van der Waals surface area (Å²) in [5, 5.41) is 7.71. The van der Waals surface area contributed by atoms with E-state index in [-0.39, 0.29) is 0 Å². The molecule has 1 saturated carbocycles. The van der Waals surface area contributed by atoms with Crippen molar-refractivity contribution in [3.05, 3.63) is 76.8 Å². The molecule has 0 amide bonds. The molecule has 29 heavy (non-hydrogen) atoms. The monoisotopic (exact) mass is 405 g/mol. The maximum atomic E-state index is 14.6. The summed E-state index contributed by atoms with van der Waals surface area (Å²) in [6, 6.07) is 13.7. The minimum atomic E-state index is -0.589. The summed E-state index contributed by atoms with van der Waals surface area (Å²) in [6.45, 7) is 0. The predicted octanol–water partition coefficient (Wildman–Crippen LogP) is 6.31. The largest absolute Gasteiger partial charge is 0.234 e. The molecule has 0 N–H and O–H groups in total. The number of hydrogen-bond acceptors (Lipinski definition) is 3. The molecule has 2 bridgehead atoms. The number of hydrogen-bond donors (Lipinski definition) is 0. The Labute approximate surface area is 170 Å². The Balaban J connectivity index is 1.52. The van der Waals surface area contributed by atoms with Gasteiger partial charge in [-0.15, -0.1) is 11.3 Å². The van der Waals surface area contributed by atoms with Crippen LogP contribution in [0.2, 0.25) is 0 Å². The van der Waals surface area contributed by atoms with Gasteiger partial charge in [0.1, 0.15) is 22.2 Å². The van der Waals surface area contributed by atoms with Crippen LogP contribution in [0.4, 0.5) is 8.78 Å². The van der Waals surface area contributed by atoms with Crippen molar-refractivity contribution in [1.29, 1.82) is 0 Å². The zero-order valence-corrected chi connectivity index (χ0v) is 16.3. The Morgan fingerprint density at radius 1 is 1.00 bits per heavy atom. The van der Waals surface area contributed by atoms with Crippen LogP contribution in [0.25, 0.3) is 27.6 Å². The molecule has 4 aromatic rings. The second-order valence-corrected chi connectivity index (χ2v) is 8.62. The number of rotatable bonds is 3. The zero-order chi connectivity index (χ0) is 19.5. The average molecular weight is 405 g/mol. The van der Waals surface area contributed by atoms with Crippen molar-refractivity contribution in [3.63, 3.8) is 0 Å². The minimum Gasteiger partial charge on any atom is -0.234 e. The van der Waals surface area contributed by atoms with Crippen LogP contribution in [0.15, 0.2) is 53.9 Å². The second kappa shape index (κ2) is 6.32. The molecular formula is C23H17F2N3S. The van der Waals surface area contributed by atoms with Gasteiger partial charge in [-0.3, -0.25) is 0 Å². The lowest BCUT2D eigenvalue weighted by Gasteiger charge is -2.14. The van der Waals surface area contributed by atoms with Crippen LogP contribution in [-0.2, 0) is 0 Å². The Kier molecular flexibility index (Phi) is 3.71. The Bertz CT molecular complexity index is 1230. The third-order valence-electron chi connectivity index (χ3n) is 6.10. The van der Waals surface area contributed by atoms with E-state index in [1.165, 1.54) is 17.7 Å². The van der Waals surface area contributed by atoms with Gasteiger partial charge < -0.3 is 0 Å². The molecule has 0 aliphatic heterocycles. The van der Waals surface area contributed by atoms with Gasteiger partial charge in [0.2, 0.25) is 0 Å². The van der Waals surface area contributed by atoms with Crippen LogP contribution in [-0.4, -0.2) is 14.8 Å². The van der Waals surface area contributed by atoms with E-state index >= 15 is 0 Å². The molecule has 0 saturated heterocycles.